The molecule has 16 heteroatoms. The van der Waals surface area contributed by atoms with Crippen molar-refractivity contribution < 1.29 is 36.7 Å². The second kappa shape index (κ2) is 18.7. The number of unbranched alkanes of at least 4 members (excludes halogenated alkanes) is 1. The van der Waals surface area contributed by atoms with Crippen LogP contribution in [0.4, 0.5) is 0 Å². The van der Waals surface area contributed by atoms with Crippen LogP contribution in [0, 0.1) is 0 Å². The number of benzene rings is 1. The van der Waals surface area contributed by atoms with Gasteiger partial charge in [0.05, 0.1) is 18.5 Å². The Morgan fingerprint density at radius 3 is 2.37 bits per heavy atom. The third-order valence-electron chi connectivity index (χ3n) is 6.09. The highest BCUT2D eigenvalue weighted by Gasteiger charge is 2.36. The number of nitrogens with zero attached hydrogens (tertiary/aromatic N) is 2. The van der Waals surface area contributed by atoms with Crippen LogP contribution in [-0.2, 0) is 36.0 Å². The van der Waals surface area contributed by atoms with E-state index in [1.54, 1.807) is 0 Å². The van der Waals surface area contributed by atoms with E-state index in [9.17, 15) is 19.2 Å². The number of amides is 3. The first kappa shape index (κ1) is 35.4. The Morgan fingerprint density at radius 1 is 1.10 bits per heavy atom. The van der Waals surface area contributed by atoms with Gasteiger partial charge in [0.1, 0.15) is 12.3 Å². The Labute approximate surface area is 239 Å². The van der Waals surface area contributed by atoms with Crippen LogP contribution in [-0.4, -0.2) is 90.2 Å². The molecule has 0 saturated carbocycles. The fraction of sp³-hybridized carbons (Fsp3) is 0.560. The van der Waals surface area contributed by atoms with E-state index in [0.29, 0.717) is 77.3 Å². The van der Waals surface area contributed by atoms with Crippen molar-refractivity contribution in [2.75, 3.05) is 19.6 Å². The highest BCUT2D eigenvalue weighted by Crippen LogP contribution is 2.19. The average Bonchev–Trinajstić information content (AvgIpc) is 3.39. The Balaban J connectivity index is 0.00000154. The average molecular weight is 600 g/mol. The van der Waals surface area contributed by atoms with Crippen LogP contribution in [0.2, 0.25) is 0 Å². The van der Waals surface area contributed by atoms with E-state index in [2.05, 4.69) is 15.6 Å². The first-order valence-corrected chi connectivity index (χ1v) is 14.6. The van der Waals surface area contributed by atoms with Crippen molar-refractivity contribution in [3.63, 3.8) is 0 Å². The molecule has 0 radical (unpaired) electrons. The van der Waals surface area contributed by atoms with Crippen LogP contribution >= 0.6 is 0 Å². The van der Waals surface area contributed by atoms with Gasteiger partial charge in [-0.05, 0) is 50.5 Å². The first-order valence-electron chi connectivity index (χ1n) is 13.2. The summed E-state index contributed by atoms with van der Waals surface area (Å²) in [6.07, 6.45) is 4.99. The molecule has 1 aromatic rings. The van der Waals surface area contributed by atoms with E-state index < -0.39 is 28.5 Å². The summed E-state index contributed by atoms with van der Waals surface area (Å²) in [5.41, 5.74) is 17.7. The number of rotatable bonds is 15. The molecule has 41 heavy (non-hydrogen) atoms. The predicted molar refractivity (Wildman–Crippen MR) is 152 cm³/mol. The van der Waals surface area contributed by atoms with Crippen molar-refractivity contribution in [2.45, 2.75) is 69.5 Å². The highest BCUT2D eigenvalue weighted by atomic mass is 32.3. The van der Waals surface area contributed by atoms with Gasteiger partial charge >= 0.3 is 10.4 Å². The van der Waals surface area contributed by atoms with Crippen LogP contribution in [0.15, 0.2) is 35.3 Å². The maximum absolute atomic E-state index is 12.9. The summed E-state index contributed by atoms with van der Waals surface area (Å²) in [7, 11) is -4.67. The minimum atomic E-state index is -4.67. The molecule has 1 fully saturated rings. The van der Waals surface area contributed by atoms with Gasteiger partial charge in [0.25, 0.3) is 0 Å². The molecule has 15 nitrogen and oxygen atoms in total. The zero-order valence-electron chi connectivity index (χ0n) is 22.9. The molecule has 1 saturated heterocycles. The molecule has 0 aliphatic carbocycles. The Hall–Kier alpha value is -3.60. The van der Waals surface area contributed by atoms with Gasteiger partial charge in [-0.1, -0.05) is 30.3 Å². The van der Waals surface area contributed by atoms with E-state index in [1.807, 2.05) is 30.3 Å². The third-order valence-corrected chi connectivity index (χ3v) is 6.09. The lowest BCUT2D eigenvalue weighted by molar-refractivity contribution is -0.140. The van der Waals surface area contributed by atoms with Crippen molar-refractivity contribution in [2.24, 2.45) is 22.2 Å². The summed E-state index contributed by atoms with van der Waals surface area (Å²) in [6, 6.07) is 7.48. The molecule has 0 bridgehead atoms. The molecule has 1 aliphatic rings. The minimum absolute atomic E-state index is 0.0223. The van der Waals surface area contributed by atoms with E-state index in [-0.39, 0.29) is 23.7 Å². The van der Waals surface area contributed by atoms with Gasteiger partial charge in [0.15, 0.2) is 5.96 Å². The zero-order valence-corrected chi connectivity index (χ0v) is 23.7. The lowest BCUT2D eigenvalue weighted by atomic mass is 10.1. The van der Waals surface area contributed by atoms with E-state index in [0.717, 1.165) is 5.56 Å². The summed E-state index contributed by atoms with van der Waals surface area (Å²) < 4.78 is 31.6. The molecule has 3 atom stereocenters. The first-order chi connectivity index (χ1) is 19.3. The molecule has 230 valence electrons. The molecule has 0 unspecified atom stereocenters. The highest BCUT2D eigenvalue weighted by molar-refractivity contribution is 7.79. The molecule has 3 amide bonds. The third kappa shape index (κ3) is 16.3. The Morgan fingerprint density at radius 2 is 1.76 bits per heavy atom. The van der Waals surface area contributed by atoms with Gasteiger partial charge in [-0.25, -0.2) is 0 Å². The standard InChI is InChI=1S/C25H39N7O4.H2O4S/c26-20(11-4-5-13-29-22(34)16-18-8-2-1-3-9-18)24(36)32-15-7-12-21(32)23(35)31-19(17-33)10-6-14-30-25(27)28;1-5(2,3)4/h1-3,8-9,17,19-21H,4-7,10-16,26H2,(H,29,34)(H,31,35)(H4,27,28,30);(H2,1,2,3,4)/t19-,20+,21-;/m0./s1. The van der Waals surface area contributed by atoms with Crippen LogP contribution < -0.4 is 27.8 Å². The number of hydrogen-bond donors (Lipinski definition) is 7. The molecular weight excluding hydrogens is 558 g/mol. The number of nitrogens with two attached hydrogens (primary N) is 3. The molecule has 10 N–H and O–H groups in total. The van der Waals surface area contributed by atoms with E-state index in [4.69, 9.17) is 34.7 Å². The molecule has 0 spiro atoms. The second-order valence-corrected chi connectivity index (χ2v) is 10.3. The van der Waals surface area contributed by atoms with Crippen LogP contribution in [0.25, 0.3) is 0 Å². The molecule has 1 aliphatic heterocycles. The van der Waals surface area contributed by atoms with Crippen molar-refractivity contribution in [3.05, 3.63) is 35.9 Å². The topological polar surface area (TPSA) is 261 Å². The van der Waals surface area contributed by atoms with E-state index >= 15 is 0 Å². The summed E-state index contributed by atoms with van der Waals surface area (Å²) in [6.45, 7) is 1.33. The van der Waals surface area contributed by atoms with Gasteiger partial charge < -0.3 is 37.5 Å². The number of likely N-dealkylation sites (tertiary alicyclic amines) is 1. The van der Waals surface area contributed by atoms with Crippen molar-refractivity contribution in [1.29, 1.82) is 0 Å². The number of aldehydes is 1. The summed E-state index contributed by atoms with van der Waals surface area (Å²) in [5, 5.41) is 5.60. The van der Waals surface area contributed by atoms with Crippen molar-refractivity contribution >= 4 is 40.4 Å². The van der Waals surface area contributed by atoms with Gasteiger partial charge in [-0.15, -0.1) is 0 Å². The van der Waals surface area contributed by atoms with Gasteiger partial charge in [0.2, 0.25) is 17.7 Å². The fourth-order valence-corrected chi connectivity index (χ4v) is 4.17. The number of carbonyl (C=O) groups is 4. The molecule has 1 aromatic carbocycles. The molecule has 0 aromatic heterocycles. The number of hydrogen-bond acceptors (Lipinski definition) is 8. The normalized spacial score (nSPS) is 16.0. The van der Waals surface area contributed by atoms with Gasteiger partial charge in [0, 0.05) is 19.6 Å². The summed E-state index contributed by atoms with van der Waals surface area (Å²) in [5.74, 6) is -0.687. The van der Waals surface area contributed by atoms with Gasteiger partial charge in [-0.2, -0.15) is 8.42 Å². The van der Waals surface area contributed by atoms with Crippen molar-refractivity contribution in [1.82, 2.24) is 15.5 Å². The summed E-state index contributed by atoms with van der Waals surface area (Å²) in [4.78, 5) is 54.5. The number of nitrogens with one attached hydrogen (secondary N) is 2. The molecule has 1 heterocycles. The lowest BCUT2D eigenvalue weighted by Crippen LogP contribution is -2.53. The number of aliphatic imine (C=N–C) groups is 1. The van der Waals surface area contributed by atoms with Crippen LogP contribution in [0.3, 0.4) is 0 Å². The zero-order chi connectivity index (χ0) is 30.8. The Kier molecular flexibility index (Phi) is 16.2. The lowest BCUT2D eigenvalue weighted by Gasteiger charge is -2.27. The van der Waals surface area contributed by atoms with Crippen molar-refractivity contribution in [3.8, 4) is 0 Å². The van der Waals surface area contributed by atoms with Gasteiger partial charge in [-0.3, -0.25) is 28.5 Å². The molecule has 2 rings (SSSR count). The van der Waals surface area contributed by atoms with E-state index in [1.165, 1.54) is 4.90 Å². The predicted octanol–water partition coefficient (Wildman–Crippen LogP) is -1.08. The monoisotopic (exact) mass is 599 g/mol. The molecular formula is C25H41N7O8S. The Bertz CT molecular complexity index is 1110. The fourth-order valence-electron chi connectivity index (χ4n) is 4.17. The SMILES string of the molecule is NC(N)=NCCC[C@@H](C=O)NC(=O)[C@@H]1CCCN1C(=O)[C@H](N)CCCCNC(=O)Cc1ccccc1.O=S(=O)(O)O. The minimum Gasteiger partial charge on any atom is -0.370 e. The number of guanidine groups is 1. The maximum atomic E-state index is 12.9. The smallest absolute Gasteiger partial charge is 0.370 e. The maximum Gasteiger partial charge on any atom is 0.394 e. The summed E-state index contributed by atoms with van der Waals surface area (Å²) >= 11 is 0. The number of carbonyl (C=O) groups excluding carboxylic acids is 4. The second-order valence-electron chi connectivity index (χ2n) is 9.45. The van der Waals surface area contributed by atoms with Crippen LogP contribution in [0.5, 0.6) is 0 Å². The van der Waals surface area contributed by atoms with Crippen LogP contribution in [0.1, 0.15) is 50.5 Å². The quantitative estimate of drug-likeness (QED) is 0.0419. The largest absolute Gasteiger partial charge is 0.394 e.